The molecule has 0 heterocycles. The summed E-state index contributed by atoms with van der Waals surface area (Å²) in [7, 11) is 0. The average molecular weight is 224 g/mol. The highest BCUT2D eigenvalue weighted by Crippen LogP contribution is 2.28. The quantitative estimate of drug-likeness (QED) is 0.625. The van der Waals surface area contributed by atoms with Crippen LogP contribution in [0.3, 0.4) is 0 Å². The lowest BCUT2D eigenvalue weighted by atomic mass is 10.3. The normalized spacial score (nSPS) is 13.1. The monoisotopic (exact) mass is 224 g/mol. The predicted octanol–water partition coefficient (Wildman–Crippen LogP) is 4.81. The molecule has 0 aromatic rings. The van der Waals surface area contributed by atoms with Gasteiger partial charge in [-0.1, -0.05) is 20.8 Å². The van der Waals surface area contributed by atoms with E-state index in [0.29, 0.717) is 6.42 Å². The summed E-state index contributed by atoms with van der Waals surface area (Å²) in [6, 6.07) is 0. The maximum absolute atomic E-state index is 12.2. The van der Waals surface area contributed by atoms with Crippen LogP contribution in [0.2, 0.25) is 0 Å². The molecule has 90 valence electrons. The van der Waals surface area contributed by atoms with E-state index in [4.69, 9.17) is 0 Å². The Morgan fingerprint density at radius 1 is 1.27 bits per heavy atom. The van der Waals surface area contributed by atoms with Crippen molar-refractivity contribution in [3.8, 4) is 0 Å². The number of hydrogen-bond donors (Lipinski definition) is 0. The van der Waals surface area contributed by atoms with Gasteiger partial charge in [-0.3, -0.25) is 0 Å². The van der Waals surface area contributed by atoms with E-state index in [1.807, 2.05) is 13.8 Å². The fourth-order valence-corrected chi connectivity index (χ4v) is 0.633. The van der Waals surface area contributed by atoms with Gasteiger partial charge in [0.2, 0.25) is 5.76 Å². The smallest absolute Gasteiger partial charge is 0.449 e. The SMILES string of the molecule is C/C=C(/C)O/C(=C/CC)C(F)(F)F.CC. The Hall–Kier alpha value is -0.930. The molecule has 1 nitrogen and oxygen atoms in total. The van der Waals surface area contributed by atoms with E-state index < -0.39 is 11.9 Å². The molecule has 0 amide bonds. The summed E-state index contributed by atoms with van der Waals surface area (Å²) < 4.78 is 41.2. The van der Waals surface area contributed by atoms with E-state index in [1.165, 1.54) is 13.0 Å². The van der Waals surface area contributed by atoms with Gasteiger partial charge in [0, 0.05) is 0 Å². The Bertz CT molecular complexity index is 214. The minimum Gasteiger partial charge on any atom is -0.458 e. The number of rotatable bonds is 3. The summed E-state index contributed by atoms with van der Waals surface area (Å²) in [6.07, 6.45) is -1.60. The average Bonchev–Trinajstić information content (AvgIpc) is 2.18. The lowest BCUT2D eigenvalue weighted by Gasteiger charge is -2.12. The molecule has 0 radical (unpaired) electrons. The second kappa shape index (κ2) is 8.38. The van der Waals surface area contributed by atoms with Gasteiger partial charge in [-0.2, -0.15) is 13.2 Å². The predicted molar refractivity (Wildman–Crippen MR) is 56.3 cm³/mol. The summed E-state index contributed by atoms with van der Waals surface area (Å²) in [4.78, 5) is 0. The minimum absolute atomic E-state index is 0.247. The van der Waals surface area contributed by atoms with Gasteiger partial charge in [0.1, 0.15) is 0 Å². The molecule has 0 atom stereocenters. The largest absolute Gasteiger partial charge is 0.458 e. The van der Waals surface area contributed by atoms with E-state index >= 15 is 0 Å². The molecule has 15 heavy (non-hydrogen) atoms. The summed E-state index contributed by atoms with van der Waals surface area (Å²) in [5.74, 6) is -0.692. The van der Waals surface area contributed by atoms with E-state index in [0.717, 1.165) is 6.08 Å². The van der Waals surface area contributed by atoms with Crippen LogP contribution in [0.15, 0.2) is 23.7 Å². The number of ether oxygens (including phenoxy) is 1. The highest BCUT2D eigenvalue weighted by molar-refractivity contribution is 5.04. The van der Waals surface area contributed by atoms with E-state index in [-0.39, 0.29) is 5.76 Å². The van der Waals surface area contributed by atoms with Gasteiger partial charge in [-0.25, -0.2) is 0 Å². The number of allylic oxidation sites excluding steroid dienone is 4. The topological polar surface area (TPSA) is 9.23 Å². The first-order valence-corrected chi connectivity index (χ1v) is 5.00. The molecule has 4 heteroatoms. The van der Waals surface area contributed by atoms with Gasteiger partial charge in [-0.05, 0) is 32.4 Å². The molecule has 0 aromatic heterocycles. The Morgan fingerprint density at radius 3 is 2.00 bits per heavy atom. The third-order valence-electron chi connectivity index (χ3n) is 1.35. The van der Waals surface area contributed by atoms with Crippen molar-refractivity contribution in [2.24, 2.45) is 0 Å². The number of halogens is 3. The zero-order valence-electron chi connectivity index (χ0n) is 9.90. The Morgan fingerprint density at radius 2 is 1.73 bits per heavy atom. The van der Waals surface area contributed by atoms with Crippen LogP contribution in [0.4, 0.5) is 13.2 Å². The molecule has 0 aliphatic rings. The Balaban J connectivity index is 0. The van der Waals surface area contributed by atoms with Crippen molar-refractivity contribution in [2.45, 2.75) is 47.2 Å². The van der Waals surface area contributed by atoms with E-state index in [2.05, 4.69) is 4.74 Å². The Labute approximate surface area is 89.6 Å². The van der Waals surface area contributed by atoms with Gasteiger partial charge < -0.3 is 4.74 Å². The molecule has 0 saturated carbocycles. The van der Waals surface area contributed by atoms with Crippen LogP contribution >= 0.6 is 0 Å². The van der Waals surface area contributed by atoms with Crippen molar-refractivity contribution in [3.63, 3.8) is 0 Å². The third kappa shape index (κ3) is 8.09. The highest BCUT2D eigenvalue weighted by Gasteiger charge is 2.35. The van der Waals surface area contributed by atoms with Crippen LogP contribution in [0.5, 0.6) is 0 Å². The minimum atomic E-state index is -4.40. The standard InChI is InChI=1S/C9H13F3O.C2H6/c1-4-6-8(9(10,11)12)13-7(3)5-2;1-2/h5-6H,4H2,1-3H3;1-2H3/b7-5-,8-6+;. The molecule has 0 N–H and O–H groups in total. The van der Waals surface area contributed by atoms with Gasteiger partial charge in [0.05, 0.1) is 5.76 Å². The van der Waals surface area contributed by atoms with Crippen LogP contribution in [0.1, 0.15) is 41.0 Å². The van der Waals surface area contributed by atoms with Crippen LogP contribution < -0.4 is 0 Å². The van der Waals surface area contributed by atoms with Gasteiger partial charge in [0.15, 0.2) is 0 Å². The first kappa shape index (κ1) is 16.5. The molecule has 0 aromatic carbocycles. The summed E-state index contributed by atoms with van der Waals surface area (Å²) in [6.45, 7) is 8.73. The van der Waals surface area contributed by atoms with Crippen LogP contribution in [0.25, 0.3) is 0 Å². The third-order valence-corrected chi connectivity index (χ3v) is 1.35. The zero-order chi connectivity index (χ0) is 12.5. The Kier molecular flexibility index (Phi) is 9.22. The fourth-order valence-electron chi connectivity index (χ4n) is 0.633. The van der Waals surface area contributed by atoms with Gasteiger partial charge in [0.25, 0.3) is 0 Å². The van der Waals surface area contributed by atoms with Crippen molar-refractivity contribution in [2.75, 3.05) is 0 Å². The van der Waals surface area contributed by atoms with Crippen molar-refractivity contribution >= 4 is 0 Å². The maximum atomic E-state index is 12.2. The van der Waals surface area contributed by atoms with Gasteiger partial charge >= 0.3 is 6.18 Å². The maximum Gasteiger partial charge on any atom is 0.449 e. The molecule has 0 rings (SSSR count). The molecule has 0 saturated heterocycles. The molecule has 0 aliphatic carbocycles. The van der Waals surface area contributed by atoms with Crippen LogP contribution in [0, 0.1) is 0 Å². The van der Waals surface area contributed by atoms with Crippen LogP contribution in [-0.4, -0.2) is 6.18 Å². The molecular weight excluding hydrogens is 205 g/mol. The molecule has 0 bridgehead atoms. The van der Waals surface area contributed by atoms with Crippen molar-refractivity contribution < 1.29 is 17.9 Å². The summed E-state index contributed by atoms with van der Waals surface area (Å²) >= 11 is 0. The molecule has 0 spiro atoms. The van der Waals surface area contributed by atoms with E-state index in [9.17, 15) is 13.2 Å². The van der Waals surface area contributed by atoms with E-state index in [1.54, 1.807) is 13.8 Å². The van der Waals surface area contributed by atoms with Crippen molar-refractivity contribution in [1.29, 1.82) is 0 Å². The molecule has 0 fully saturated rings. The highest BCUT2D eigenvalue weighted by atomic mass is 19.4. The second-order valence-corrected chi connectivity index (χ2v) is 2.48. The summed E-state index contributed by atoms with van der Waals surface area (Å²) in [5, 5.41) is 0. The first-order chi connectivity index (χ1) is 6.91. The van der Waals surface area contributed by atoms with Gasteiger partial charge in [-0.15, -0.1) is 0 Å². The fraction of sp³-hybridized carbons (Fsp3) is 0.636. The van der Waals surface area contributed by atoms with Crippen molar-refractivity contribution in [3.05, 3.63) is 23.7 Å². The zero-order valence-corrected chi connectivity index (χ0v) is 9.90. The second-order valence-electron chi connectivity index (χ2n) is 2.48. The lowest BCUT2D eigenvalue weighted by Crippen LogP contribution is -2.14. The lowest BCUT2D eigenvalue weighted by molar-refractivity contribution is -0.124. The number of alkyl halides is 3. The first-order valence-electron chi connectivity index (χ1n) is 5.00. The van der Waals surface area contributed by atoms with Crippen molar-refractivity contribution in [1.82, 2.24) is 0 Å². The number of hydrogen-bond acceptors (Lipinski definition) is 1. The molecule has 0 aliphatic heterocycles. The molecular formula is C11H19F3O. The summed E-state index contributed by atoms with van der Waals surface area (Å²) in [5.41, 5.74) is 0. The molecule has 0 unspecified atom stereocenters. The van der Waals surface area contributed by atoms with Crippen LogP contribution in [-0.2, 0) is 4.74 Å².